The van der Waals surface area contributed by atoms with Gasteiger partial charge in [0.05, 0.1) is 10.7 Å². The van der Waals surface area contributed by atoms with Gasteiger partial charge in [-0.1, -0.05) is 12.1 Å². The standard InChI is InChI=1S/C18H16N2S2/c1-21-17-10-15(7-8-19-17)18-20-16(11-22-18)14-6-5-12-3-2-4-13(12)9-14/h5-11H,2-4H2,1H3. The van der Waals surface area contributed by atoms with E-state index in [4.69, 9.17) is 4.98 Å². The molecule has 0 amide bonds. The van der Waals surface area contributed by atoms with E-state index in [0.717, 1.165) is 21.3 Å². The molecule has 0 saturated carbocycles. The van der Waals surface area contributed by atoms with Crippen molar-refractivity contribution in [3.8, 4) is 21.8 Å². The van der Waals surface area contributed by atoms with Gasteiger partial charge in [0.15, 0.2) is 0 Å². The fourth-order valence-electron chi connectivity index (χ4n) is 2.92. The summed E-state index contributed by atoms with van der Waals surface area (Å²) in [5.41, 5.74) is 6.48. The summed E-state index contributed by atoms with van der Waals surface area (Å²) in [4.78, 5) is 9.16. The third-order valence-electron chi connectivity index (χ3n) is 4.09. The Kier molecular flexibility index (Phi) is 3.72. The number of aryl methyl sites for hydroxylation is 2. The van der Waals surface area contributed by atoms with Crippen LogP contribution in [0.4, 0.5) is 0 Å². The Bertz CT molecular complexity index is 823. The van der Waals surface area contributed by atoms with Crippen LogP contribution in [-0.2, 0) is 12.8 Å². The maximum absolute atomic E-state index is 4.83. The molecule has 0 fully saturated rings. The van der Waals surface area contributed by atoms with Gasteiger partial charge in [-0.15, -0.1) is 23.1 Å². The minimum atomic E-state index is 1.03. The van der Waals surface area contributed by atoms with Gasteiger partial charge in [0.1, 0.15) is 5.01 Å². The van der Waals surface area contributed by atoms with Crippen LogP contribution in [0.5, 0.6) is 0 Å². The lowest BCUT2D eigenvalue weighted by molar-refractivity contribution is 0.912. The first-order valence-electron chi connectivity index (χ1n) is 7.41. The summed E-state index contributed by atoms with van der Waals surface area (Å²) in [7, 11) is 0. The van der Waals surface area contributed by atoms with Crippen molar-refractivity contribution in [2.45, 2.75) is 24.3 Å². The second kappa shape index (κ2) is 5.86. The van der Waals surface area contributed by atoms with E-state index in [1.807, 2.05) is 18.5 Å². The number of fused-ring (bicyclic) bond motifs is 1. The van der Waals surface area contributed by atoms with Gasteiger partial charge in [0.25, 0.3) is 0 Å². The zero-order chi connectivity index (χ0) is 14.9. The molecule has 1 aliphatic rings. The van der Waals surface area contributed by atoms with E-state index >= 15 is 0 Å². The van der Waals surface area contributed by atoms with Crippen molar-refractivity contribution >= 4 is 23.1 Å². The number of thioether (sulfide) groups is 1. The molecule has 0 spiro atoms. The van der Waals surface area contributed by atoms with E-state index in [0.29, 0.717) is 0 Å². The number of aromatic nitrogens is 2. The minimum Gasteiger partial charge on any atom is -0.250 e. The summed E-state index contributed by atoms with van der Waals surface area (Å²) in [5.74, 6) is 0. The van der Waals surface area contributed by atoms with E-state index in [1.165, 1.54) is 36.0 Å². The Morgan fingerprint density at radius 2 is 1.95 bits per heavy atom. The lowest BCUT2D eigenvalue weighted by Crippen LogP contribution is -1.85. The van der Waals surface area contributed by atoms with E-state index in [1.54, 1.807) is 23.1 Å². The van der Waals surface area contributed by atoms with Crippen LogP contribution in [0.2, 0.25) is 0 Å². The molecule has 3 aromatic rings. The molecule has 0 atom stereocenters. The van der Waals surface area contributed by atoms with Crippen molar-refractivity contribution in [3.63, 3.8) is 0 Å². The number of pyridine rings is 1. The molecule has 0 unspecified atom stereocenters. The Labute approximate surface area is 138 Å². The van der Waals surface area contributed by atoms with Crippen molar-refractivity contribution in [1.82, 2.24) is 9.97 Å². The lowest BCUT2D eigenvalue weighted by Gasteiger charge is -2.02. The van der Waals surface area contributed by atoms with Crippen LogP contribution in [0.15, 0.2) is 46.9 Å². The predicted molar refractivity (Wildman–Crippen MR) is 94.6 cm³/mol. The molecule has 0 aliphatic heterocycles. The maximum Gasteiger partial charge on any atom is 0.124 e. The first-order chi connectivity index (χ1) is 10.8. The van der Waals surface area contributed by atoms with Gasteiger partial charge in [-0.05, 0) is 54.8 Å². The highest BCUT2D eigenvalue weighted by molar-refractivity contribution is 7.98. The zero-order valence-corrected chi connectivity index (χ0v) is 14.0. The van der Waals surface area contributed by atoms with Gasteiger partial charge < -0.3 is 0 Å². The lowest BCUT2D eigenvalue weighted by atomic mass is 10.1. The van der Waals surface area contributed by atoms with E-state index < -0.39 is 0 Å². The van der Waals surface area contributed by atoms with Crippen LogP contribution < -0.4 is 0 Å². The number of hydrogen-bond acceptors (Lipinski definition) is 4. The molecule has 4 heteroatoms. The largest absolute Gasteiger partial charge is 0.250 e. The number of hydrogen-bond donors (Lipinski definition) is 0. The summed E-state index contributed by atoms with van der Waals surface area (Å²) >= 11 is 3.36. The summed E-state index contributed by atoms with van der Waals surface area (Å²) in [6.45, 7) is 0. The molecule has 0 N–H and O–H groups in total. The SMILES string of the molecule is CSc1cc(-c2nc(-c3ccc4c(c3)CCC4)cs2)ccn1. The highest BCUT2D eigenvalue weighted by Gasteiger charge is 2.13. The fourth-order valence-corrected chi connectivity index (χ4v) is 4.16. The van der Waals surface area contributed by atoms with Crippen LogP contribution in [-0.4, -0.2) is 16.2 Å². The molecule has 1 aliphatic carbocycles. The van der Waals surface area contributed by atoms with Crippen molar-refractivity contribution < 1.29 is 0 Å². The average Bonchev–Trinajstić information content (AvgIpc) is 3.23. The molecule has 4 rings (SSSR count). The van der Waals surface area contributed by atoms with E-state index in [9.17, 15) is 0 Å². The highest BCUT2D eigenvalue weighted by Crippen LogP contribution is 2.32. The molecule has 22 heavy (non-hydrogen) atoms. The molecule has 0 bridgehead atoms. The molecular weight excluding hydrogens is 308 g/mol. The second-order valence-electron chi connectivity index (χ2n) is 5.46. The molecule has 2 heterocycles. The third kappa shape index (κ3) is 2.57. The van der Waals surface area contributed by atoms with Crippen molar-refractivity contribution in [3.05, 3.63) is 53.0 Å². The molecule has 0 radical (unpaired) electrons. The molecular formula is C18H16N2S2. The van der Waals surface area contributed by atoms with Gasteiger partial charge in [-0.2, -0.15) is 0 Å². The molecule has 0 saturated heterocycles. The Balaban J connectivity index is 1.69. The van der Waals surface area contributed by atoms with Gasteiger partial charge in [0, 0.05) is 22.7 Å². The fraction of sp³-hybridized carbons (Fsp3) is 0.222. The summed E-state index contributed by atoms with van der Waals surface area (Å²) in [5, 5.41) is 4.26. The summed E-state index contributed by atoms with van der Waals surface area (Å²) < 4.78 is 0. The van der Waals surface area contributed by atoms with Crippen molar-refractivity contribution in [2.75, 3.05) is 6.26 Å². The first kappa shape index (κ1) is 14.0. The van der Waals surface area contributed by atoms with Gasteiger partial charge >= 0.3 is 0 Å². The summed E-state index contributed by atoms with van der Waals surface area (Å²) in [6.07, 6.45) is 7.63. The average molecular weight is 324 g/mol. The first-order valence-corrected chi connectivity index (χ1v) is 9.52. The van der Waals surface area contributed by atoms with Gasteiger partial charge in [-0.25, -0.2) is 9.97 Å². The second-order valence-corrected chi connectivity index (χ2v) is 7.15. The molecule has 2 nitrogen and oxygen atoms in total. The number of thiazole rings is 1. The maximum atomic E-state index is 4.83. The van der Waals surface area contributed by atoms with Crippen molar-refractivity contribution in [1.29, 1.82) is 0 Å². The molecule has 1 aromatic carbocycles. The number of benzene rings is 1. The van der Waals surface area contributed by atoms with Crippen LogP contribution in [0.3, 0.4) is 0 Å². The third-order valence-corrected chi connectivity index (χ3v) is 5.62. The van der Waals surface area contributed by atoms with Crippen LogP contribution >= 0.6 is 23.1 Å². The zero-order valence-electron chi connectivity index (χ0n) is 12.4. The van der Waals surface area contributed by atoms with E-state index in [-0.39, 0.29) is 0 Å². The van der Waals surface area contributed by atoms with Crippen LogP contribution in [0.1, 0.15) is 17.5 Å². The Morgan fingerprint density at radius 1 is 1.05 bits per heavy atom. The van der Waals surface area contributed by atoms with Gasteiger partial charge in [-0.3, -0.25) is 0 Å². The van der Waals surface area contributed by atoms with Crippen LogP contribution in [0.25, 0.3) is 21.8 Å². The van der Waals surface area contributed by atoms with Gasteiger partial charge in [0.2, 0.25) is 0 Å². The van der Waals surface area contributed by atoms with Crippen LogP contribution in [0, 0.1) is 0 Å². The van der Waals surface area contributed by atoms with E-state index in [2.05, 4.69) is 34.6 Å². The Hall–Kier alpha value is -1.65. The Morgan fingerprint density at radius 3 is 2.86 bits per heavy atom. The predicted octanol–water partition coefficient (Wildman–Crippen LogP) is 5.08. The minimum absolute atomic E-state index is 1.03. The monoisotopic (exact) mass is 324 g/mol. The molecule has 2 aromatic heterocycles. The van der Waals surface area contributed by atoms with Crippen molar-refractivity contribution in [2.24, 2.45) is 0 Å². The topological polar surface area (TPSA) is 25.8 Å². The molecule has 110 valence electrons. The number of nitrogens with zero attached hydrogens (tertiary/aromatic N) is 2. The number of rotatable bonds is 3. The smallest absolute Gasteiger partial charge is 0.124 e. The summed E-state index contributed by atoms with van der Waals surface area (Å²) in [6, 6.07) is 10.9. The quantitative estimate of drug-likeness (QED) is 0.628. The highest BCUT2D eigenvalue weighted by atomic mass is 32.2. The normalized spacial score (nSPS) is 13.3.